The molecule has 1 fully saturated rings. The first kappa shape index (κ1) is 37.4. The van der Waals surface area contributed by atoms with Crippen LogP contribution in [0, 0.1) is 5.92 Å². The van der Waals surface area contributed by atoms with E-state index in [4.69, 9.17) is 5.11 Å². The number of nitrogens with one attached hydrogen (secondary N) is 2. The normalized spacial score (nSPS) is 14.4. The lowest BCUT2D eigenvalue weighted by Gasteiger charge is -2.32. The van der Waals surface area contributed by atoms with E-state index in [0.717, 1.165) is 38.5 Å². The molecule has 0 bridgehead atoms. The maximum atomic E-state index is 12.6. The number of nitrogens with zero attached hydrogens (tertiary/aromatic N) is 1. The standard InChI is InChI=1S/C32H57N3O7/c1-2-33-28(36)25-27(32(41)42)34-31(40)26-21-23-35(24-22-26)29(37)19-17-15-13-11-9-7-5-3-4-6-8-10-12-14-16-18-20-30(38)39/h26-27H,2-25H2,1H3,(H,33,36)(H,34,40)(H,38,39)(H,41,42)/t27-/m0/s1. The number of hydrogen-bond donors (Lipinski definition) is 4. The maximum Gasteiger partial charge on any atom is 0.326 e. The molecule has 0 aromatic rings. The Morgan fingerprint density at radius 2 is 1.12 bits per heavy atom. The zero-order valence-corrected chi connectivity index (χ0v) is 26.0. The molecule has 10 heteroatoms. The van der Waals surface area contributed by atoms with Gasteiger partial charge in [-0.1, -0.05) is 89.9 Å². The summed E-state index contributed by atoms with van der Waals surface area (Å²) in [5, 5.41) is 23.0. The van der Waals surface area contributed by atoms with Gasteiger partial charge < -0.3 is 25.7 Å². The number of carbonyl (C=O) groups is 5. The highest BCUT2D eigenvalue weighted by Crippen LogP contribution is 2.20. The summed E-state index contributed by atoms with van der Waals surface area (Å²) in [7, 11) is 0. The van der Waals surface area contributed by atoms with Crippen LogP contribution < -0.4 is 10.6 Å². The molecule has 0 saturated carbocycles. The fourth-order valence-corrected chi connectivity index (χ4v) is 5.52. The Balaban J connectivity index is 1.99. The lowest BCUT2D eigenvalue weighted by molar-refractivity contribution is -0.144. The van der Waals surface area contributed by atoms with Crippen LogP contribution in [-0.2, 0) is 24.0 Å². The Hall–Kier alpha value is -2.65. The van der Waals surface area contributed by atoms with Gasteiger partial charge in [-0.15, -0.1) is 0 Å². The SMILES string of the molecule is CCNC(=O)C[C@H](NC(=O)C1CCN(C(=O)CCCCCCCCCCCCCCCCCCC(=O)O)CC1)C(=O)O. The summed E-state index contributed by atoms with van der Waals surface area (Å²) in [5.74, 6) is -2.92. The molecule has 0 radical (unpaired) electrons. The Morgan fingerprint density at radius 1 is 0.690 bits per heavy atom. The van der Waals surface area contributed by atoms with Gasteiger partial charge in [-0.2, -0.15) is 0 Å². The van der Waals surface area contributed by atoms with Crippen molar-refractivity contribution in [2.24, 2.45) is 5.92 Å². The fourth-order valence-electron chi connectivity index (χ4n) is 5.52. The number of carbonyl (C=O) groups excluding carboxylic acids is 3. The predicted molar refractivity (Wildman–Crippen MR) is 163 cm³/mol. The molecule has 242 valence electrons. The van der Waals surface area contributed by atoms with Gasteiger partial charge in [0.1, 0.15) is 6.04 Å². The van der Waals surface area contributed by atoms with Gasteiger partial charge in [0.25, 0.3) is 0 Å². The monoisotopic (exact) mass is 595 g/mol. The van der Waals surface area contributed by atoms with Gasteiger partial charge >= 0.3 is 11.9 Å². The highest BCUT2D eigenvalue weighted by Gasteiger charge is 2.30. The smallest absolute Gasteiger partial charge is 0.326 e. The number of likely N-dealkylation sites (tertiary alicyclic amines) is 1. The highest BCUT2D eigenvalue weighted by molar-refractivity contribution is 5.89. The average molecular weight is 596 g/mol. The lowest BCUT2D eigenvalue weighted by Crippen LogP contribution is -2.49. The summed E-state index contributed by atoms with van der Waals surface area (Å²) < 4.78 is 0. The van der Waals surface area contributed by atoms with Crippen LogP contribution in [0.5, 0.6) is 0 Å². The minimum Gasteiger partial charge on any atom is -0.481 e. The second kappa shape index (κ2) is 23.9. The van der Waals surface area contributed by atoms with Crippen molar-refractivity contribution in [2.45, 2.75) is 148 Å². The number of rotatable bonds is 25. The van der Waals surface area contributed by atoms with Crippen LogP contribution in [-0.4, -0.2) is 70.4 Å². The van der Waals surface area contributed by atoms with E-state index in [1.165, 1.54) is 64.2 Å². The number of carboxylic acids is 2. The molecule has 0 aromatic heterocycles. The minimum atomic E-state index is -1.25. The van der Waals surface area contributed by atoms with Crippen LogP contribution in [0.3, 0.4) is 0 Å². The molecule has 0 aromatic carbocycles. The molecule has 1 aliphatic heterocycles. The molecular weight excluding hydrogens is 538 g/mol. The van der Waals surface area contributed by atoms with Gasteiger partial charge in [-0.05, 0) is 32.6 Å². The van der Waals surface area contributed by atoms with Crippen molar-refractivity contribution >= 4 is 29.7 Å². The lowest BCUT2D eigenvalue weighted by atomic mass is 9.95. The van der Waals surface area contributed by atoms with Crippen molar-refractivity contribution in [1.29, 1.82) is 0 Å². The quantitative estimate of drug-likeness (QED) is 0.103. The summed E-state index contributed by atoms with van der Waals surface area (Å²) in [5.41, 5.74) is 0. The number of piperidine rings is 1. The summed E-state index contributed by atoms with van der Waals surface area (Å²) in [6, 6.07) is -1.25. The number of carboxylic acid groups (broad SMARTS) is 2. The van der Waals surface area contributed by atoms with Crippen molar-refractivity contribution in [3.63, 3.8) is 0 Å². The molecule has 1 aliphatic rings. The van der Waals surface area contributed by atoms with Crippen molar-refractivity contribution in [3.05, 3.63) is 0 Å². The van der Waals surface area contributed by atoms with Gasteiger partial charge in [0.15, 0.2) is 0 Å². The van der Waals surface area contributed by atoms with E-state index in [1.54, 1.807) is 6.92 Å². The van der Waals surface area contributed by atoms with E-state index in [-0.39, 0.29) is 24.2 Å². The zero-order valence-electron chi connectivity index (χ0n) is 26.0. The molecule has 0 spiro atoms. The Morgan fingerprint density at radius 3 is 1.52 bits per heavy atom. The first-order chi connectivity index (χ1) is 20.2. The molecule has 4 N–H and O–H groups in total. The summed E-state index contributed by atoms with van der Waals surface area (Å²) in [6.45, 7) is 3.14. The van der Waals surface area contributed by atoms with Crippen molar-refractivity contribution < 1.29 is 34.2 Å². The summed E-state index contributed by atoms with van der Waals surface area (Å²) in [6.07, 6.45) is 20.4. The van der Waals surface area contributed by atoms with Crippen LogP contribution >= 0.6 is 0 Å². The number of unbranched alkanes of at least 4 members (excludes halogenated alkanes) is 15. The Kier molecular flexibility index (Phi) is 21.2. The second-order valence-electron chi connectivity index (χ2n) is 11.8. The van der Waals surface area contributed by atoms with E-state index < -0.39 is 23.9 Å². The molecule has 1 heterocycles. The van der Waals surface area contributed by atoms with Crippen molar-refractivity contribution in [2.75, 3.05) is 19.6 Å². The van der Waals surface area contributed by atoms with Crippen LogP contribution in [0.15, 0.2) is 0 Å². The molecule has 1 saturated heterocycles. The van der Waals surface area contributed by atoms with E-state index in [9.17, 15) is 29.1 Å². The first-order valence-electron chi connectivity index (χ1n) is 16.5. The molecule has 0 unspecified atom stereocenters. The maximum absolute atomic E-state index is 12.6. The molecule has 3 amide bonds. The zero-order chi connectivity index (χ0) is 31.0. The van der Waals surface area contributed by atoms with Crippen LogP contribution in [0.2, 0.25) is 0 Å². The van der Waals surface area contributed by atoms with Crippen LogP contribution in [0.25, 0.3) is 0 Å². The Bertz CT molecular complexity index is 797. The summed E-state index contributed by atoms with van der Waals surface area (Å²) in [4.78, 5) is 60.6. The highest BCUT2D eigenvalue weighted by atomic mass is 16.4. The third-order valence-corrected chi connectivity index (χ3v) is 8.13. The third-order valence-electron chi connectivity index (χ3n) is 8.13. The number of amides is 3. The predicted octanol–water partition coefficient (Wildman–Crippen LogP) is 5.43. The average Bonchev–Trinajstić information content (AvgIpc) is 2.96. The molecule has 10 nitrogen and oxygen atoms in total. The third kappa shape index (κ3) is 18.7. The van der Waals surface area contributed by atoms with Gasteiger partial charge in [-0.25, -0.2) is 4.79 Å². The molecule has 42 heavy (non-hydrogen) atoms. The molecule has 1 rings (SSSR count). The molecular formula is C32H57N3O7. The largest absolute Gasteiger partial charge is 0.481 e. The molecule has 0 aliphatic carbocycles. The second-order valence-corrected chi connectivity index (χ2v) is 11.8. The van der Waals surface area contributed by atoms with E-state index in [2.05, 4.69) is 10.6 Å². The van der Waals surface area contributed by atoms with E-state index in [0.29, 0.717) is 45.3 Å². The van der Waals surface area contributed by atoms with Gasteiger partial charge in [0.05, 0.1) is 6.42 Å². The van der Waals surface area contributed by atoms with Gasteiger partial charge in [0.2, 0.25) is 17.7 Å². The minimum absolute atomic E-state index is 0.131. The Labute approximate surface area is 252 Å². The topological polar surface area (TPSA) is 153 Å². The van der Waals surface area contributed by atoms with Crippen LogP contribution in [0.4, 0.5) is 0 Å². The number of aliphatic carboxylic acids is 2. The molecule has 1 atom stereocenters. The van der Waals surface area contributed by atoms with E-state index in [1.807, 2.05) is 4.90 Å². The van der Waals surface area contributed by atoms with Gasteiger partial charge in [-0.3, -0.25) is 19.2 Å². The fraction of sp³-hybridized carbons (Fsp3) is 0.844. The first-order valence-corrected chi connectivity index (χ1v) is 16.5. The van der Waals surface area contributed by atoms with E-state index >= 15 is 0 Å². The van der Waals surface area contributed by atoms with Gasteiger partial charge in [0, 0.05) is 38.4 Å². The number of hydrogen-bond acceptors (Lipinski definition) is 5. The van der Waals surface area contributed by atoms with Crippen LogP contribution in [0.1, 0.15) is 142 Å². The van der Waals surface area contributed by atoms with Crippen molar-refractivity contribution in [1.82, 2.24) is 15.5 Å². The summed E-state index contributed by atoms with van der Waals surface area (Å²) >= 11 is 0. The van der Waals surface area contributed by atoms with Crippen molar-refractivity contribution in [3.8, 4) is 0 Å².